The minimum absolute atomic E-state index is 0. The van der Waals surface area contributed by atoms with Gasteiger partial charge in [-0.05, 0) is 0 Å². The van der Waals surface area contributed by atoms with Crippen LogP contribution < -0.4 is 5.46 Å². The molecule has 0 bridgehead atoms. The fourth-order valence-corrected chi connectivity index (χ4v) is 1.55. The summed E-state index contributed by atoms with van der Waals surface area (Å²) in [6.45, 7) is 4.01. The van der Waals surface area contributed by atoms with E-state index in [1.807, 2.05) is 48.9 Å². The molecule has 0 saturated heterocycles. The van der Waals surface area contributed by atoms with E-state index in [9.17, 15) is 0 Å². The van der Waals surface area contributed by atoms with Crippen molar-refractivity contribution in [3.05, 3.63) is 41.7 Å². The molecule has 1 heterocycles. The first kappa shape index (κ1) is 14.4. The summed E-state index contributed by atoms with van der Waals surface area (Å²) < 4.78 is 1.89. The summed E-state index contributed by atoms with van der Waals surface area (Å²) in [6, 6.07) is 9.76. The number of aryl methyl sites for hydroxylation is 2. The number of aromatic nitrogens is 2. The van der Waals surface area contributed by atoms with Gasteiger partial charge in [-0.15, -0.1) is 0 Å². The first-order chi connectivity index (χ1) is 6.66. The summed E-state index contributed by atoms with van der Waals surface area (Å²) in [5.41, 5.74) is 3.91. The van der Waals surface area contributed by atoms with Gasteiger partial charge in [0, 0.05) is 0 Å². The van der Waals surface area contributed by atoms with Crippen LogP contribution in [0.2, 0.25) is 0 Å². The molecule has 0 fully saturated rings. The van der Waals surface area contributed by atoms with Crippen molar-refractivity contribution >= 4 is 13.3 Å². The number of benzene rings is 1. The molecular formula is C11H13BN2O2. The zero-order valence-corrected chi connectivity index (χ0v) is 9.25. The van der Waals surface area contributed by atoms with Gasteiger partial charge < -0.3 is 11.0 Å². The van der Waals surface area contributed by atoms with Crippen LogP contribution in [0.1, 0.15) is 11.4 Å². The van der Waals surface area contributed by atoms with Gasteiger partial charge in [0.25, 0.3) is 0 Å². The quantitative estimate of drug-likeness (QED) is 0.665. The van der Waals surface area contributed by atoms with Crippen LogP contribution in [0.5, 0.6) is 0 Å². The number of hydrogen-bond donors (Lipinski definition) is 0. The fourth-order valence-electron chi connectivity index (χ4n) is 1.55. The molecule has 2 N–H and O–H groups in total. The topological polar surface area (TPSA) is 77.8 Å². The minimum Gasteiger partial charge on any atom is -0.870 e. The van der Waals surface area contributed by atoms with Gasteiger partial charge in [0.2, 0.25) is 0 Å². The van der Waals surface area contributed by atoms with Gasteiger partial charge in [0.1, 0.15) is 0 Å². The Balaban J connectivity index is 0.00000112. The zero-order valence-electron chi connectivity index (χ0n) is 9.25. The van der Waals surface area contributed by atoms with E-state index in [2.05, 4.69) is 5.10 Å². The van der Waals surface area contributed by atoms with Crippen molar-refractivity contribution in [2.45, 2.75) is 13.8 Å². The molecule has 0 aliphatic rings. The second-order valence-electron chi connectivity index (χ2n) is 3.43. The van der Waals surface area contributed by atoms with E-state index >= 15 is 0 Å². The SMILES string of the molecule is [B+2]c1cccc(-n2nc(C)cc2C)c1.[OH-].[OH-]. The van der Waals surface area contributed by atoms with Crippen LogP contribution in [0.3, 0.4) is 0 Å². The summed E-state index contributed by atoms with van der Waals surface area (Å²) in [5.74, 6) is 0. The Morgan fingerprint density at radius 2 is 1.81 bits per heavy atom. The molecule has 1 aromatic carbocycles. The van der Waals surface area contributed by atoms with E-state index in [0.717, 1.165) is 22.5 Å². The largest absolute Gasteiger partial charge is 0.870 e. The van der Waals surface area contributed by atoms with Gasteiger partial charge in [-0.1, -0.05) is 0 Å². The van der Waals surface area contributed by atoms with E-state index < -0.39 is 0 Å². The molecule has 0 aliphatic carbocycles. The van der Waals surface area contributed by atoms with Gasteiger partial charge in [-0.3, -0.25) is 0 Å². The molecule has 0 unspecified atom stereocenters. The van der Waals surface area contributed by atoms with Crippen LogP contribution in [-0.2, 0) is 0 Å². The number of nitrogens with zero attached hydrogens (tertiary/aromatic N) is 2. The van der Waals surface area contributed by atoms with Crippen LogP contribution in [0.25, 0.3) is 5.69 Å². The van der Waals surface area contributed by atoms with Gasteiger partial charge in [-0.2, -0.15) is 0 Å². The predicted octanol–water partition coefficient (Wildman–Crippen LogP) is 0.929. The summed E-state index contributed by atoms with van der Waals surface area (Å²) in [6.07, 6.45) is 0. The van der Waals surface area contributed by atoms with Crippen molar-refractivity contribution in [2.75, 3.05) is 0 Å². The molecule has 0 spiro atoms. The Morgan fingerprint density at radius 1 is 1.12 bits per heavy atom. The van der Waals surface area contributed by atoms with Crippen LogP contribution >= 0.6 is 0 Å². The van der Waals surface area contributed by atoms with Crippen molar-refractivity contribution in [2.24, 2.45) is 0 Å². The van der Waals surface area contributed by atoms with Gasteiger partial charge in [-0.25, -0.2) is 0 Å². The molecule has 0 aliphatic heterocycles. The Bertz CT molecular complexity index is 469. The monoisotopic (exact) mass is 216 g/mol. The standard InChI is InChI=1S/C11H11BN2.2H2O/c1-8-6-9(2)14(13-8)11-5-3-4-10(12)7-11;;/h3-7H,1-2H3;2*1H2/q+2;;/p-2. The van der Waals surface area contributed by atoms with E-state index in [4.69, 9.17) is 7.85 Å². The van der Waals surface area contributed by atoms with Crippen molar-refractivity contribution in [1.82, 2.24) is 9.78 Å². The average Bonchev–Trinajstić information content (AvgIpc) is 2.45. The molecule has 5 heteroatoms. The van der Waals surface area contributed by atoms with E-state index in [-0.39, 0.29) is 11.0 Å². The fraction of sp³-hybridized carbons (Fsp3) is 0.182. The first-order valence-corrected chi connectivity index (χ1v) is 4.56. The Kier molecular flexibility index (Phi) is 4.94. The van der Waals surface area contributed by atoms with Crippen molar-refractivity contribution in [1.29, 1.82) is 0 Å². The summed E-state index contributed by atoms with van der Waals surface area (Å²) in [7, 11) is 5.71. The summed E-state index contributed by atoms with van der Waals surface area (Å²) >= 11 is 0. The summed E-state index contributed by atoms with van der Waals surface area (Å²) in [5, 5.41) is 4.38. The minimum atomic E-state index is 0. The Hall–Kier alpha value is -1.59. The number of rotatable bonds is 1. The predicted molar refractivity (Wildman–Crippen MR) is 62.3 cm³/mol. The Morgan fingerprint density at radius 3 is 2.31 bits per heavy atom. The van der Waals surface area contributed by atoms with Crippen molar-refractivity contribution in [3.63, 3.8) is 0 Å². The zero-order chi connectivity index (χ0) is 10.1. The molecule has 1 aromatic heterocycles. The van der Waals surface area contributed by atoms with E-state index in [1.165, 1.54) is 0 Å². The normalized spacial score (nSPS) is 9.25. The molecule has 0 amide bonds. The second kappa shape index (κ2) is 5.49. The second-order valence-corrected chi connectivity index (χ2v) is 3.43. The molecule has 82 valence electrons. The molecule has 16 heavy (non-hydrogen) atoms. The number of hydrogen-bond acceptors (Lipinski definition) is 3. The van der Waals surface area contributed by atoms with Crippen molar-refractivity contribution < 1.29 is 11.0 Å². The summed E-state index contributed by atoms with van der Waals surface area (Å²) in [4.78, 5) is 0. The smallest absolute Gasteiger partial charge is 0.870 e. The van der Waals surface area contributed by atoms with Crippen molar-refractivity contribution in [3.8, 4) is 5.69 Å². The third-order valence-corrected chi connectivity index (χ3v) is 2.12. The average molecular weight is 216 g/mol. The van der Waals surface area contributed by atoms with E-state index in [1.54, 1.807) is 0 Å². The van der Waals surface area contributed by atoms with Gasteiger partial charge in [0.05, 0.1) is 0 Å². The third kappa shape index (κ3) is 2.71. The van der Waals surface area contributed by atoms with E-state index in [0.29, 0.717) is 0 Å². The van der Waals surface area contributed by atoms with Crippen LogP contribution in [0.4, 0.5) is 0 Å². The molecule has 2 aromatic rings. The first-order valence-electron chi connectivity index (χ1n) is 4.56. The maximum absolute atomic E-state index is 5.71. The molecule has 0 atom stereocenters. The van der Waals surface area contributed by atoms with Crippen LogP contribution in [0.15, 0.2) is 30.3 Å². The maximum Gasteiger partial charge on any atom is -0.870 e. The molecule has 2 rings (SSSR count). The maximum atomic E-state index is 5.71. The van der Waals surface area contributed by atoms with Crippen LogP contribution in [0, 0.1) is 13.8 Å². The third-order valence-electron chi connectivity index (χ3n) is 2.12. The molecule has 4 nitrogen and oxygen atoms in total. The van der Waals surface area contributed by atoms with Gasteiger partial charge in [0.15, 0.2) is 0 Å². The molecule has 0 radical (unpaired) electrons. The molecular weight excluding hydrogens is 203 g/mol. The van der Waals surface area contributed by atoms with Gasteiger partial charge >= 0.3 is 84.3 Å². The van der Waals surface area contributed by atoms with Crippen LogP contribution in [-0.4, -0.2) is 28.6 Å². The molecule has 0 saturated carbocycles. The Labute approximate surface area is 95.9 Å².